The van der Waals surface area contributed by atoms with Gasteiger partial charge in [-0.25, -0.2) is 13.8 Å². The van der Waals surface area contributed by atoms with Crippen molar-refractivity contribution >= 4 is 5.91 Å². The minimum Gasteiger partial charge on any atom is -0.338 e. The predicted octanol–water partition coefficient (Wildman–Crippen LogP) is 1.70. The number of carbonyl (C=O) groups excluding carboxylic acids is 1. The van der Waals surface area contributed by atoms with Gasteiger partial charge in [-0.05, 0) is 50.5 Å². The molecule has 4 fully saturated rings. The summed E-state index contributed by atoms with van der Waals surface area (Å²) in [5, 5.41) is 9.69. The van der Waals surface area contributed by atoms with Crippen molar-refractivity contribution in [3.8, 4) is 0 Å². The highest BCUT2D eigenvalue weighted by atomic mass is 19.3. The van der Waals surface area contributed by atoms with E-state index in [1.54, 1.807) is 12.2 Å². The fourth-order valence-corrected chi connectivity index (χ4v) is 5.72. The summed E-state index contributed by atoms with van der Waals surface area (Å²) < 4.78 is 27.4. The summed E-state index contributed by atoms with van der Waals surface area (Å²) in [6.07, 6.45) is 6.52. The van der Waals surface area contributed by atoms with Gasteiger partial charge in [-0.15, -0.1) is 0 Å². The van der Waals surface area contributed by atoms with Crippen LogP contribution < -0.4 is 16.1 Å². The number of hydrogen-bond acceptors (Lipinski definition) is 5. The molecule has 4 aliphatic rings. The Morgan fingerprint density at radius 2 is 1.83 bits per heavy atom. The number of nitrogens with zero attached hydrogens (tertiary/aromatic N) is 2. The van der Waals surface area contributed by atoms with Crippen LogP contribution in [0.3, 0.4) is 0 Å². The lowest BCUT2D eigenvalue weighted by molar-refractivity contribution is -0.129. The Kier molecular flexibility index (Phi) is 6.25. The molecule has 3 N–H and O–H groups in total. The molecule has 1 saturated carbocycles. The first-order chi connectivity index (χ1) is 13.9. The van der Waals surface area contributed by atoms with Gasteiger partial charge in [0.2, 0.25) is 11.8 Å². The number of amides is 1. The molecule has 5 unspecified atom stereocenters. The van der Waals surface area contributed by atoms with Crippen molar-refractivity contribution in [2.45, 2.75) is 75.7 Å². The Bertz CT molecular complexity index is 620. The monoisotopic (exact) mass is 411 g/mol. The Balaban J connectivity index is 1.49. The molecule has 6 nitrogen and oxygen atoms in total. The van der Waals surface area contributed by atoms with E-state index in [0.717, 1.165) is 25.9 Å². The van der Waals surface area contributed by atoms with Crippen molar-refractivity contribution in [3.63, 3.8) is 0 Å². The summed E-state index contributed by atoms with van der Waals surface area (Å²) in [5.41, 5.74) is 3.58. The Hall–Kier alpha value is -1.09. The highest BCUT2D eigenvalue weighted by molar-refractivity contribution is 5.87. The van der Waals surface area contributed by atoms with Crippen molar-refractivity contribution in [2.75, 3.05) is 26.7 Å². The van der Waals surface area contributed by atoms with Gasteiger partial charge in [0.1, 0.15) is 0 Å². The molecule has 4 rings (SSSR count). The number of rotatable bonds is 3. The van der Waals surface area contributed by atoms with E-state index in [0.29, 0.717) is 31.3 Å². The van der Waals surface area contributed by atoms with E-state index < -0.39 is 5.92 Å². The van der Waals surface area contributed by atoms with Crippen LogP contribution in [0.15, 0.2) is 12.2 Å². The Morgan fingerprint density at radius 3 is 2.48 bits per heavy atom. The molecule has 0 aromatic heterocycles. The Labute approximate surface area is 172 Å². The van der Waals surface area contributed by atoms with Crippen molar-refractivity contribution in [3.05, 3.63) is 12.2 Å². The number of hydrazine groups is 1. The van der Waals surface area contributed by atoms with Gasteiger partial charge < -0.3 is 4.90 Å². The maximum absolute atomic E-state index is 13.7. The molecular weight excluding hydrogens is 376 g/mol. The second-order valence-corrected chi connectivity index (χ2v) is 9.32. The SMILES string of the molecule is C/C=C/C(=O)N1CCC2C(C1)NC(C1CCC(F)(F)CC1)NC2C1CCN(C)N1. The molecule has 3 heterocycles. The minimum atomic E-state index is -2.51. The molecule has 1 amide bonds. The van der Waals surface area contributed by atoms with E-state index in [1.807, 2.05) is 11.8 Å². The van der Waals surface area contributed by atoms with E-state index in [9.17, 15) is 13.6 Å². The number of hydrogen-bond donors (Lipinski definition) is 3. The molecular formula is C21H35F2N5O. The zero-order chi connectivity index (χ0) is 20.6. The maximum atomic E-state index is 13.7. The zero-order valence-corrected chi connectivity index (χ0v) is 17.5. The number of alkyl halides is 2. The lowest BCUT2D eigenvalue weighted by Crippen LogP contribution is -2.73. The second-order valence-electron chi connectivity index (χ2n) is 9.32. The number of fused-ring (bicyclic) bond motifs is 1. The van der Waals surface area contributed by atoms with Crippen LogP contribution in [0.1, 0.15) is 45.4 Å². The Morgan fingerprint density at radius 1 is 1.07 bits per heavy atom. The quantitative estimate of drug-likeness (QED) is 0.617. The first-order valence-corrected chi connectivity index (χ1v) is 11.1. The smallest absolute Gasteiger partial charge is 0.248 e. The van der Waals surface area contributed by atoms with Crippen molar-refractivity contribution < 1.29 is 13.6 Å². The van der Waals surface area contributed by atoms with Gasteiger partial charge in [0.05, 0.1) is 6.17 Å². The number of carbonyl (C=O) groups is 1. The van der Waals surface area contributed by atoms with Crippen LogP contribution in [0.25, 0.3) is 0 Å². The van der Waals surface area contributed by atoms with Gasteiger partial charge in [0, 0.05) is 57.6 Å². The summed E-state index contributed by atoms with van der Waals surface area (Å²) in [5.74, 6) is -1.81. The number of halogens is 2. The van der Waals surface area contributed by atoms with Crippen molar-refractivity contribution in [2.24, 2.45) is 11.8 Å². The summed E-state index contributed by atoms with van der Waals surface area (Å²) in [4.78, 5) is 14.3. The summed E-state index contributed by atoms with van der Waals surface area (Å²) in [6.45, 7) is 4.33. The highest BCUT2D eigenvalue weighted by Crippen LogP contribution is 2.39. The molecule has 0 spiro atoms. The fraction of sp³-hybridized carbons (Fsp3) is 0.857. The fourth-order valence-electron chi connectivity index (χ4n) is 5.72. The highest BCUT2D eigenvalue weighted by Gasteiger charge is 2.47. The lowest BCUT2D eigenvalue weighted by Gasteiger charge is -2.52. The molecule has 8 heteroatoms. The van der Waals surface area contributed by atoms with Gasteiger partial charge >= 0.3 is 0 Å². The maximum Gasteiger partial charge on any atom is 0.248 e. The van der Waals surface area contributed by atoms with Crippen LogP contribution in [0.2, 0.25) is 0 Å². The van der Waals surface area contributed by atoms with Crippen LogP contribution in [0.4, 0.5) is 8.78 Å². The van der Waals surface area contributed by atoms with Crippen molar-refractivity contribution in [1.29, 1.82) is 0 Å². The minimum absolute atomic E-state index is 0.0212. The summed E-state index contributed by atoms with van der Waals surface area (Å²) in [6, 6.07) is 0.835. The average molecular weight is 412 g/mol. The number of nitrogens with one attached hydrogen (secondary N) is 3. The number of likely N-dealkylation sites (tertiary alicyclic amines) is 1. The second kappa shape index (κ2) is 8.57. The molecule has 5 atom stereocenters. The van der Waals surface area contributed by atoms with Crippen LogP contribution in [0.5, 0.6) is 0 Å². The van der Waals surface area contributed by atoms with E-state index in [2.05, 4.69) is 28.1 Å². The van der Waals surface area contributed by atoms with E-state index in [4.69, 9.17) is 0 Å². The van der Waals surface area contributed by atoms with E-state index in [-0.39, 0.29) is 42.9 Å². The summed E-state index contributed by atoms with van der Waals surface area (Å²) >= 11 is 0. The third-order valence-corrected chi connectivity index (χ3v) is 7.34. The van der Waals surface area contributed by atoms with E-state index in [1.165, 1.54) is 0 Å². The molecule has 0 aromatic rings. The lowest BCUT2D eigenvalue weighted by atomic mass is 9.76. The van der Waals surface area contributed by atoms with Gasteiger partial charge in [-0.1, -0.05) is 6.08 Å². The molecule has 3 saturated heterocycles. The first-order valence-electron chi connectivity index (χ1n) is 11.1. The molecule has 164 valence electrons. The third-order valence-electron chi connectivity index (χ3n) is 7.34. The first kappa shape index (κ1) is 21.2. The molecule has 0 radical (unpaired) electrons. The normalized spacial score (nSPS) is 39.0. The predicted molar refractivity (Wildman–Crippen MR) is 108 cm³/mol. The number of piperidine rings is 1. The molecule has 0 bridgehead atoms. The van der Waals surface area contributed by atoms with Crippen LogP contribution in [0, 0.1) is 11.8 Å². The van der Waals surface area contributed by atoms with Crippen LogP contribution >= 0.6 is 0 Å². The van der Waals surface area contributed by atoms with Gasteiger partial charge in [0.15, 0.2) is 0 Å². The third kappa shape index (κ3) is 4.65. The zero-order valence-electron chi connectivity index (χ0n) is 17.5. The largest absolute Gasteiger partial charge is 0.338 e. The standard InChI is InChI=1S/C21H35F2N5O/c1-3-4-18(29)28-12-7-15-17(13-28)24-20(14-5-9-21(22,23)10-6-14)25-19(15)16-8-11-27(2)26-16/h3-4,14-17,19-20,24-26H,5-13H2,1-2H3/b4-3+. The average Bonchev–Trinajstić information content (AvgIpc) is 3.13. The molecule has 3 aliphatic heterocycles. The molecule has 1 aliphatic carbocycles. The summed E-state index contributed by atoms with van der Waals surface area (Å²) in [7, 11) is 2.07. The van der Waals surface area contributed by atoms with Crippen LogP contribution in [-0.2, 0) is 4.79 Å². The van der Waals surface area contributed by atoms with E-state index >= 15 is 0 Å². The van der Waals surface area contributed by atoms with Gasteiger partial charge in [-0.2, -0.15) is 0 Å². The number of allylic oxidation sites excluding steroid dienone is 1. The van der Waals surface area contributed by atoms with Crippen LogP contribution in [-0.4, -0.2) is 72.7 Å². The van der Waals surface area contributed by atoms with Gasteiger partial charge in [0.25, 0.3) is 0 Å². The van der Waals surface area contributed by atoms with Gasteiger partial charge in [-0.3, -0.25) is 20.9 Å². The molecule has 0 aromatic carbocycles. The van der Waals surface area contributed by atoms with Crippen molar-refractivity contribution in [1.82, 2.24) is 26.0 Å². The topological polar surface area (TPSA) is 59.6 Å². The molecule has 29 heavy (non-hydrogen) atoms.